The molecule has 0 saturated carbocycles. The van der Waals surface area contributed by atoms with E-state index in [2.05, 4.69) is 10.3 Å². The van der Waals surface area contributed by atoms with Crippen molar-refractivity contribution in [3.63, 3.8) is 0 Å². The molecule has 8 heteroatoms. The maximum absolute atomic E-state index is 13.5. The Balaban J connectivity index is 1.30. The van der Waals surface area contributed by atoms with E-state index in [4.69, 9.17) is 0 Å². The zero-order valence-electron chi connectivity index (χ0n) is 19.7. The van der Waals surface area contributed by atoms with Crippen LogP contribution < -0.4 is 5.32 Å². The summed E-state index contributed by atoms with van der Waals surface area (Å²) in [5, 5.41) is 3.05. The molecule has 0 aliphatic carbocycles. The van der Waals surface area contributed by atoms with E-state index in [0.29, 0.717) is 42.6 Å². The highest BCUT2D eigenvalue weighted by Gasteiger charge is 2.43. The number of carbonyl (C=O) groups excluding carboxylic acids is 4. The largest absolute Gasteiger partial charge is 0.351 e. The van der Waals surface area contributed by atoms with E-state index < -0.39 is 17.9 Å². The zero-order chi connectivity index (χ0) is 25.1. The molecule has 1 aromatic heterocycles. The number of aromatic nitrogens is 1. The van der Waals surface area contributed by atoms with E-state index in [-0.39, 0.29) is 24.3 Å². The van der Waals surface area contributed by atoms with Crippen LogP contribution in [0.4, 0.5) is 0 Å². The van der Waals surface area contributed by atoms with Crippen molar-refractivity contribution < 1.29 is 19.2 Å². The summed E-state index contributed by atoms with van der Waals surface area (Å²) < 4.78 is 0. The Hall–Kier alpha value is -4.33. The SMILES string of the molecule is O=C(NC1CCN(C(=O)c2cccnc2)CC1)C(Cc1ccccc1)N1C(=O)c2ccccc2C1=O. The molecular formula is C28H26N4O4. The van der Waals surface area contributed by atoms with E-state index in [1.54, 1.807) is 53.7 Å². The lowest BCUT2D eigenvalue weighted by molar-refractivity contribution is -0.126. The quantitative estimate of drug-likeness (QED) is 0.545. The third-order valence-corrected chi connectivity index (χ3v) is 6.75. The van der Waals surface area contributed by atoms with Gasteiger partial charge in [-0.2, -0.15) is 0 Å². The minimum Gasteiger partial charge on any atom is -0.351 e. The average Bonchev–Trinajstić information content (AvgIpc) is 3.18. The molecule has 1 N–H and O–H groups in total. The molecule has 0 spiro atoms. The molecule has 2 aliphatic heterocycles. The first-order valence-corrected chi connectivity index (χ1v) is 12.0. The number of likely N-dealkylation sites (tertiary alicyclic amines) is 1. The number of carbonyl (C=O) groups is 4. The van der Waals surface area contributed by atoms with Crippen LogP contribution >= 0.6 is 0 Å². The molecule has 5 rings (SSSR count). The Morgan fingerprint density at radius 1 is 0.889 bits per heavy atom. The summed E-state index contributed by atoms with van der Waals surface area (Å²) in [6, 6.07) is 18.3. The van der Waals surface area contributed by atoms with Gasteiger partial charge in [0.25, 0.3) is 17.7 Å². The minimum atomic E-state index is -0.977. The maximum atomic E-state index is 13.5. The summed E-state index contributed by atoms with van der Waals surface area (Å²) in [6.45, 7) is 0.990. The van der Waals surface area contributed by atoms with Gasteiger partial charge >= 0.3 is 0 Å². The summed E-state index contributed by atoms with van der Waals surface area (Å²) in [5.74, 6) is -1.36. The first-order valence-electron chi connectivity index (χ1n) is 12.0. The summed E-state index contributed by atoms with van der Waals surface area (Å²) in [4.78, 5) is 59.4. The van der Waals surface area contributed by atoms with Crippen LogP contribution in [0.2, 0.25) is 0 Å². The van der Waals surface area contributed by atoms with Gasteiger partial charge in [0.05, 0.1) is 16.7 Å². The number of nitrogens with one attached hydrogen (secondary N) is 1. The molecule has 1 fully saturated rings. The van der Waals surface area contributed by atoms with Crippen molar-refractivity contribution in [3.05, 3.63) is 101 Å². The first-order chi connectivity index (χ1) is 17.5. The highest BCUT2D eigenvalue weighted by molar-refractivity contribution is 6.22. The van der Waals surface area contributed by atoms with Crippen LogP contribution in [-0.4, -0.2) is 63.6 Å². The van der Waals surface area contributed by atoms with Crippen molar-refractivity contribution in [1.29, 1.82) is 0 Å². The predicted molar refractivity (Wildman–Crippen MR) is 132 cm³/mol. The van der Waals surface area contributed by atoms with Gasteiger partial charge in [-0.25, -0.2) is 0 Å². The molecule has 4 amide bonds. The molecule has 2 aromatic carbocycles. The van der Waals surface area contributed by atoms with Crippen molar-refractivity contribution in [3.8, 4) is 0 Å². The van der Waals surface area contributed by atoms with Gasteiger partial charge in [-0.05, 0) is 42.7 Å². The van der Waals surface area contributed by atoms with Gasteiger partial charge in [0, 0.05) is 37.9 Å². The molecule has 1 unspecified atom stereocenters. The van der Waals surface area contributed by atoms with E-state index in [9.17, 15) is 19.2 Å². The molecule has 2 aliphatic rings. The van der Waals surface area contributed by atoms with Gasteiger partial charge in [-0.3, -0.25) is 29.1 Å². The van der Waals surface area contributed by atoms with Crippen LogP contribution in [0.5, 0.6) is 0 Å². The van der Waals surface area contributed by atoms with Gasteiger partial charge in [0.15, 0.2) is 0 Å². The molecular weight excluding hydrogens is 456 g/mol. The lowest BCUT2D eigenvalue weighted by Gasteiger charge is -2.34. The van der Waals surface area contributed by atoms with Gasteiger partial charge in [0.1, 0.15) is 6.04 Å². The van der Waals surface area contributed by atoms with E-state index >= 15 is 0 Å². The lowest BCUT2D eigenvalue weighted by Crippen LogP contribution is -2.54. The van der Waals surface area contributed by atoms with E-state index in [1.807, 2.05) is 30.3 Å². The molecule has 8 nitrogen and oxygen atoms in total. The third kappa shape index (κ3) is 4.62. The maximum Gasteiger partial charge on any atom is 0.262 e. The zero-order valence-corrected chi connectivity index (χ0v) is 19.7. The number of rotatable bonds is 6. The summed E-state index contributed by atoms with van der Waals surface area (Å²) >= 11 is 0. The normalized spacial score (nSPS) is 16.6. The minimum absolute atomic E-state index is 0.0825. The Morgan fingerprint density at radius 3 is 2.14 bits per heavy atom. The van der Waals surface area contributed by atoms with Crippen molar-refractivity contribution in [2.75, 3.05) is 13.1 Å². The highest BCUT2D eigenvalue weighted by Crippen LogP contribution is 2.26. The van der Waals surface area contributed by atoms with Crippen LogP contribution in [-0.2, 0) is 11.2 Å². The number of imide groups is 1. The summed E-state index contributed by atoms with van der Waals surface area (Å²) in [7, 11) is 0. The highest BCUT2D eigenvalue weighted by atomic mass is 16.2. The smallest absolute Gasteiger partial charge is 0.262 e. The van der Waals surface area contributed by atoms with Gasteiger partial charge in [0.2, 0.25) is 5.91 Å². The Bertz CT molecular complexity index is 1250. The topological polar surface area (TPSA) is 99.7 Å². The van der Waals surface area contributed by atoms with Crippen molar-refractivity contribution >= 4 is 23.6 Å². The number of benzene rings is 2. The van der Waals surface area contributed by atoms with Crippen molar-refractivity contribution in [1.82, 2.24) is 20.1 Å². The molecule has 1 saturated heterocycles. The van der Waals surface area contributed by atoms with Crippen LogP contribution in [0.3, 0.4) is 0 Å². The molecule has 182 valence electrons. The van der Waals surface area contributed by atoms with Crippen LogP contribution in [0.25, 0.3) is 0 Å². The molecule has 36 heavy (non-hydrogen) atoms. The van der Waals surface area contributed by atoms with Crippen LogP contribution in [0, 0.1) is 0 Å². The Morgan fingerprint density at radius 2 is 1.53 bits per heavy atom. The standard InChI is InChI=1S/C28H26N4O4/c33-25(30-21-12-15-31(16-13-21)26(34)20-9-6-14-29-18-20)24(17-19-7-2-1-3-8-19)32-27(35)22-10-4-5-11-23(22)28(32)36/h1-11,14,18,21,24H,12-13,15-17H2,(H,30,33). The van der Waals surface area contributed by atoms with Gasteiger partial charge in [-0.15, -0.1) is 0 Å². The predicted octanol–water partition coefficient (Wildman–Crippen LogP) is 2.71. The molecule has 3 aromatic rings. The fourth-order valence-corrected chi connectivity index (χ4v) is 4.83. The number of pyridine rings is 1. The molecule has 0 radical (unpaired) electrons. The summed E-state index contributed by atoms with van der Waals surface area (Å²) in [6.07, 6.45) is 4.55. The number of piperidine rings is 1. The van der Waals surface area contributed by atoms with Crippen LogP contribution in [0.1, 0.15) is 49.5 Å². The fraction of sp³-hybridized carbons (Fsp3) is 0.250. The second-order valence-electron chi connectivity index (χ2n) is 9.05. The molecule has 0 bridgehead atoms. The Kier molecular flexibility index (Phi) is 6.58. The Labute approximate surface area is 208 Å². The third-order valence-electron chi connectivity index (χ3n) is 6.75. The number of amides is 4. The number of fused-ring (bicyclic) bond motifs is 1. The van der Waals surface area contributed by atoms with Crippen molar-refractivity contribution in [2.45, 2.75) is 31.3 Å². The second kappa shape index (κ2) is 10.1. The second-order valence-corrected chi connectivity index (χ2v) is 9.05. The van der Waals surface area contributed by atoms with Gasteiger partial charge < -0.3 is 10.2 Å². The number of nitrogens with zero attached hydrogens (tertiary/aromatic N) is 3. The fourth-order valence-electron chi connectivity index (χ4n) is 4.83. The van der Waals surface area contributed by atoms with Crippen molar-refractivity contribution in [2.24, 2.45) is 0 Å². The molecule has 1 atom stereocenters. The lowest BCUT2D eigenvalue weighted by atomic mass is 10.0. The average molecular weight is 483 g/mol. The summed E-state index contributed by atoms with van der Waals surface area (Å²) in [5.41, 5.74) is 2.02. The molecule has 3 heterocycles. The van der Waals surface area contributed by atoms with Crippen LogP contribution in [0.15, 0.2) is 79.1 Å². The van der Waals surface area contributed by atoms with E-state index in [0.717, 1.165) is 10.5 Å². The number of hydrogen-bond donors (Lipinski definition) is 1. The van der Waals surface area contributed by atoms with Gasteiger partial charge in [-0.1, -0.05) is 42.5 Å². The first kappa shape index (κ1) is 23.4. The monoisotopic (exact) mass is 482 g/mol. The van der Waals surface area contributed by atoms with E-state index in [1.165, 1.54) is 0 Å². The number of hydrogen-bond acceptors (Lipinski definition) is 5.